The normalized spacial score (nSPS) is 14.7. The van der Waals surface area contributed by atoms with Crippen molar-refractivity contribution in [1.82, 2.24) is 10.2 Å². The number of hydrogen-bond acceptors (Lipinski definition) is 2. The Morgan fingerprint density at radius 1 is 0.838 bits per heavy atom. The van der Waals surface area contributed by atoms with Crippen LogP contribution in [0.2, 0.25) is 0 Å². The fraction of sp³-hybridized carbons (Fsp3) is 0.394. The standard InChI is InChI=1S/C33H40N2O2/c1-24-18-25(2)20-28(19-24)22-32(36)35(23-29-15-11-10-12-26(29)3)31(21-27-13-6-4-7-14-27)33(37)34-30-16-8-5-9-17-30/h4,6-7,10-15,18-20,30-31H,5,8-9,16-17,21-23H2,1-3H3,(H,34,37)/t31-/m0/s1. The molecule has 0 aliphatic heterocycles. The third kappa shape index (κ3) is 7.55. The summed E-state index contributed by atoms with van der Waals surface area (Å²) in [4.78, 5) is 29.7. The summed E-state index contributed by atoms with van der Waals surface area (Å²) in [7, 11) is 0. The van der Waals surface area contributed by atoms with Crippen LogP contribution in [-0.4, -0.2) is 28.8 Å². The average molecular weight is 497 g/mol. The van der Waals surface area contributed by atoms with Crippen molar-refractivity contribution in [2.24, 2.45) is 0 Å². The lowest BCUT2D eigenvalue weighted by atomic mass is 9.94. The van der Waals surface area contributed by atoms with Crippen molar-refractivity contribution in [1.29, 1.82) is 0 Å². The van der Waals surface area contributed by atoms with Gasteiger partial charge in [-0.3, -0.25) is 9.59 Å². The van der Waals surface area contributed by atoms with E-state index in [1.807, 2.05) is 47.4 Å². The van der Waals surface area contributed by atoms with E-state index < -0.39 is 6.04 Å². The minimum Gasteiger partial charge on any atom is -0.352 e. The molecule has 0 radical (unpaired) electrons. The summed E-state index contributed by atoms with van der Waals surface area (Å²) in [5.74, 6) is -0.0638. The fourth-order valence-electron chi connectivity index (χ4n) is 5.52. The van der Waals surface area contributed by atoms with Crippen molar-refractivity contribution in [2.45, 2.75) is 84.3 Å². The van der Waals surface area contributed by atoms with E-state index >= 15 is 0 Å². The molecule has 1 saturated carbocycles. The van der Waals surface area contributed by atoms with E-state index in [0.29, 0.717) is 13.0 Å². The summed E-state index contributed by atoms with van der Waals surface area (Å²) in [6, 6.07) is 24.1. The van der Waals surface area contributed by atoms with Gasteiger partial charge in [-0.2, -0.15) is 0 Å². The zero-order valence-electron chi connectivity index (χ0n) is 22.5. The summed E-state index contributed by atoms with van der Waals surface area (Å²) in [5, 5.41) is 3.32. The number of carbonyl (C=O) groups excluding carboxylic acids is 2. The molecule has 1 fully saturated rings. The Hall–Kier alpha value is -3.40. The van der Waals surface area contributed by atoms with Gasteiger partial charge >= 0.3 is 0 Å². The zero-order chi connectivity index (χ0) is 26.2. The highest BCUT2D eigenvalue weighted by Gasteiger charge is 2.32. The van der Waals surface area contributed by atoms with Crippen molar-refractivity contribution in [2.75, 3.05) is 0 Å². The Kier molecular flexibility index (Phi) is 9.16. The van der Waals surface area contributed by atoms with Crippen LogP contribution in [0.25, 0.3) is 0 Å². The Morgan fingerprint density at radius 2 is 1.49 bits per heavy atom. The van der Waals surface area contributed by atoms with Crippen molar-refractivity contribution in [3.8, 4) is 0 Å². The summed E-state index contributed by atoms with van der Waals surface area (Å²) in [6.45, 7) is 6.59. The second kappa shape index (κ2) is 12.7. The predicted molar refractivity (Wildman–Crippen MR) is 150 cm³/mol. The van der Waals surface area contributed by atoms with Crippen LogP contribution in [0, 0.1) is 20.8 Å². The highest BCUT2D eigenvalue weighted by molar-refractivity contribution is 5.89. The number of rotatable bonds is 9. The second-order valence-electron chi connectivity index (χ2n) is 10.7. The van der Waals surface area contributed by atoms with Crippen LogP contribution in [0.15, 0.2) is 72.8 Å². The van der Waals surface area contributed by atoms with Crippen molar-refractivity contribution in [3.63, 3.8) is 0 Å². The molecule has 4 rings (SSSR count). The van der Waals surface area contributed by atoms with Crippen LogP contribution in [0.3, 0.4) is 0 Å². The summed E-state index contributed by atoms with van der Waals surface area (Å²) < 4.78 is 0. The third-order valence-electron chi connectivity index (χ3n) is 7.46. The predicted octanol–water partition coefficient (Wildman–Crippen LogP) is 6.24. The third-order valence-corrected chi connectivity index (χ3v) is 7.46. The van der Waals surface area contributed by atoms with Crippen LogP contribution in [0.5, 0.6) is 0 Å². The van der Waals surface area contributed by atoms with Gasteiger partial charge in [-0.25, -0.2) is 0 Å². The molecule has 4 nitrogen and oxygen atoms in total. The van der Waals surface area contributed by atoms with Gasteiger partial charge < -0.3 is 10.2 Å². The van der Waals surface area contributed by atoms with Gasteiger partial charge in [0, 0.05) is 19.0 Å². The maximum absolute atomic E-state index is 14.0. The Morgan fingerprint density at radius 3 is 2.16 bits per heavy atom. The molecular formula is C33H40N2O2. The van der Waals surface area contributed by atoms with Gasteiger partial charge in [0.25, 0.3) is 0 Å². The highest BCUT2D eigenvalue weighted by Crippen LogP contribution is 2.21. The minimum atomic E-state index is -0.581. The van der Waals surface area contributed by atoms with Crippen LogP contribution < -0.4 is 5.32 Å². The van der Waals surface area contributed by atoms with Gasteiger partial charge in [-0.15, -0.1) is 0 Å². The van der Waals surface area contributed by atoms with E-state index in [0.717, 1.165) is 59.1 Å². The highest BCUT2D eigenvalue weighted by atomic mass is 16.2. The van der Waals surface area contributed by atoms with Crippen molar-refractivity contribution < 1.29 is 9.59 Å². The number of amides is 2. The second-order valence-corrected chi connectivity index (χ2v) is 10.7. The molecule has 3 aromatic carbocycles. The summed E-state index contributed by atoms with van der Waals surface area (Å²) >= 11 is 0. The molecule has 2 amide bonds. The van der Waals surface area contributed by atoms with E-state index in [4.69, 9.17) is 0 Å². The van der Waals surface area contributed by atoms with E-state index in [1.54, 1.807) is 0 Å². The number of benzene rings is 3. The maximum Gasteiger partial charge on any atom is 0.243 e. The van der Waals surface area contributed by atoms with Crippen LogP contribution >= 0.6 is 0 Å². The van der Waals surface area contributed by atoms with Gasteiger partial charge in [0.2, 0.25) is 11.8 Å². The molecule has 0 bridgehead atoms. The fourth-order valence-corrected chi connectivity index (χ4v) is 5.52. The van der Waals surface area contributed by atoms with Crippen molar-refractivity contribution >= 4 is 11.8 Å². The van der Waals surface area contributed by atoms with Crippen LogP contribution in [0.1, 0.15) is 65.5 Å². The molecule has 1 aliphatic rings. The first-order valence-electron chi connectivity index (χ1n) is 13.6. The molecule has 0 spiro atoms. The molecule has 0 unspecified atom stereocenters. The quantitative estimate of drug-likeness (QED) is 0.381. The van der Waals surface area contributed by atoms with Crippen molar-refractivity contribution in [3.05, 3.63) is 106 Å². The lowest BCUT2D eigenvalue weighted by molar-refractivity contribution is -0.141. The van der Waals surface area contributed by atoms with Gasteiger partial charge in [0.1, 0.15) is 6.04 Å². The van der Waals surface area contributed by atoms with Gasteiger partial charge in [-0.1, -0.05) is 103 Å². The van der Waals surface area contributed by atoms with E-state index in [9.17, 15) is 9.59 Å². The molecule has 4 heteroatoms. The topological polar surface area (TPSA) is 49.4 Å². The SMILES string of the molecule is Cc1cc(C)cc(CC(=O)N(Cc2ccccc2C)[C@@H](Cc2ccccc2)C(=O)NC2CCCCC2)c1. The number of aryl methyl sites for hydroxylation is 3. The molecule has 194 valence electrons. The Balaban J connectivity index is 1.68. The molecule has 0 heterocycles. The number of nitrogens with one attached hydrogen (secondary N) is 1. The minimum absolute atomic E-state index is 0.0204. The first-order valence-corrected chi connectivity index (χ1v) is 13.6. The lowest BCUT2D eigenvalue weighted by Gasteiger charge is -2.34. The molecule has 1 N–H and O–H groups in total. The molecule has 1 aliphatic carbocycles. The largest absolute Gasteiger partial charge is 0.352 e. The average Bonchev–Trinajstić information content (AvgIpc) is 2.87. The van der Waals surface area contributed by atoms with E-state index in [1.165, 1.54) is 6.42 Å². The molecule has 0 aromatic heterocycles. The van der Waals surface area contributed by atoms with E-state index in [2.05, 4.69) is 56.4 Å². The monoisotopic (exact) mass is 496 g/mol. The molecule has 1 atom stereocenters. The molecule has 0 saturated heterocycles. The summed E-state index contributed by atoms with van der Waals surface area (Å²) in [6.07, 6.45) is 6.31. The van der Waals surface area contributed by atoms with Gasteiger partial charge in [-0.05, 0) is 55.9 Å². The van der Waals surface area contributed by atoms with Crippen LogP contribution in [0.4, 0.5) is 0 Å². The maximum atomic E-state index is 14.0. The number of carbonyl (C=O) groups is 2. The Labute approximate surface area is 222 Å². The number of hydrogen-bond donors (Lipinski definition) is 1. The van der Waals surface area contributed by atoms with Crippen LogP contribution in [-0.2, 0) is 29.0 Å². The molecular weight excluding hydrogens is 456 g/mol. The lowest BCUT2D eigenvalue weighted by Crippen LogP contribution is -2.53. The molecule has 37 heavy (non-hydrogen) atoms. The van der Waals surface area contributed by atoms with E-state index in [-0.39, 0.29) is 24.3 Å². The number of nitrogens with zero attached hydrogens (tertiary/aromatic N) is 1. The summed E-state index contributed by atoms with van der Waals surface area (Å²) in [5.41, 5.74) is 6.52. The Bertz CT molecular complexity index is 1180. The van der Waals surface area contributed by atoms with Gasteiger partial charge in [0.15, 0.2) is 0 Å². The zero-order valence-corrected chi connectivity index (χ0v) is 22.5. The smallest absolute Gasteiger partial charge is 0.243 e. The molecule has 3 aromatic rings. The van der Waals surface area contributed by atoms with Gasteiger partial charge in [0.05, 0.1) is 6.42 Å². The first-order chi connectivity index (χ1) is 17.9. The first kappa shape index (κ1) is 26.7.